The third-order valence-corrected chi connectivity index (χ3v) is 7.99. The van der Waals surface area contributed by atoms with E-state index in [9.17, 15) is 19.5 Å². The van der Waals surface area contributed by atoms with Gasteiger partial charge in [0, 0.05) is 13.0 Å². The highest BCUT2D eigenvalue weighted by Crippen LogP contribution is 2.26. The lowest BCUT2D eigenvalue weighted by Crippen LogP contribution is -2.51. The predicted octanol–water partition coefficient (Wildman–Crippen LogP) is 5.02. The number of nitrogens with one attached hydrogen (secondary N) is 1. The van der Waals surface area contributed by atoms with Gasteiger partial charge in [0.25, 0.3) is 0 Å². The number of hydrogen-bond acceptors (Lipinski definition) is 5. The summed E-state index contributed by atoms with van der Waals surface area (Å²) in [6.45, 7) is 13.8. The summed E-state index contributed by atoms with van der Waals surface area (Å²) in [5.74, 6) is -1.82. The number of benzene rings is 2. The minimum atomic E-state index is -0.640. The van der Waals surface area contributed by atoms with Gasteiger partial charge in [-0.2, -0.15) is 0 Å². The maximum atomic E-state index is 13.5. The van der Waals surface area contributed by atoms with Crippen molar-refractivity contribution in [3.05, 3.63) is 96.6 Å². The summed E-state index contributed by atoms with van der Waals surface area (Å²) >= 11 is 0. The van der Waals surface area contributed by atoms with Gasteiger partial charge < -0.3 is 20.1 Å². The molecule has 0 saturated heterocycles. The number of carbonyl (C=O) groups excluding carboxylic acids is 3. The fourth-order valence-electron chi connectivity index (χ4n) is 5.30. The van der Waals surface area contributed by atoms with Crippen molar-refractivity contribution in [2.24, 2.45) is 17.3 Å². The number of hydrogen-bond donors (Lipinski definition) is 2. The molecule has 0 spiro atoms. The number of aliphatic hydroxyl groups excluding tert-OH is 1. The normalized spacial score (nSPS) is 16.9. The number of fused-ring (bicyclic) bond motifs is 1. The second-order valence-corrected chi connectivity index (χ2v) is 12.2. The molecular formula is C35H46N2O5. The van der Waals surface area contributed by atoms with Gasteiger partial charge in [0.05, 0.1) is 30.5 Å². The van der Waals surface area contributed by atoms with E-state index in [1.54, 1.807) is 17.1 Å². The van der Waals surface area contributed by atoms with Gasteiger partial charge in [-0.3, -0.25) is 14.4 Å². The Labute approximate surface area is 250 Å². The summed E-state index contributed by atoms with van der Waals surface area (Å²) in [7, 11) is 0. The molecule has 2 aromatic carbocycles. The molecule has 1 aliphatic heterocycles. The number of ether oxygens (including phenoxy) is 1. The third kappa shape index (κ3) is 9.15. The van der Waals surface area contributed by atoms with E-state index in [0.29, 0.717) is 32.2 Å². The zero-order chi connectivity index (χ0) is 30.7. The fourth-order valence-corrected chi connectivity index (χ4v) is 5.30. The smallest absolute Gasteiger partial charge is 0.309 e. The number of aliphatic hydroxyl groups is 1. The Bertz CT molecular complexity index is 1220. The van der Waals surface area contributed by atoms with E-state index in [4.69, 9.17) is 4.74 Å². The molecule has 1 aliphatic rings. The number of carbonyl (C=O) groups is 3. The Hall–Kier alpha value is -3.71. The molecule has 0 bridgehead atoms. The molecule has 2 N–H and O–H groups in total. The van der Waals surface area contributed by atoms with Crippen LogP contribution < -0.4 is 5.32 Å². The van der Waals surface area contributed by atoms with Crippen molar-refractivity contribution in [2.45, 2.75) is 71.5 Å². The van der Waals surface area contributed by atoms with Crippen LogP contribution in [0.1, 0.15) is 56.7 Å². The van der Waals surface area contributed by atoms with E-state index < -0.39 is 17.4 Å². The topological polar surface area (TPSA) is 95.9 Å². The Morgan fingerprint density at radius 2 is 1.62 bits per heavy atom. The first-order chi connectivity index (χ1) is 20.1. The van der Waals surface area contributed by atoms with Gasteiger partial charge in [-0.05, 0) is 47.8 Å². The molecule has 4 unspecified atom stereocenters. The summed E-state index contributed by atoms with van der Waals surface area (Å²) < 4.78 is 5.77. The van der Waals surface area contributed by atoms with Gasteiger partial charge in [-0.15, -0.1) is 13.2 Å². The number of allylic oxidation sites excluding steroid dienone is 2. The summed E-state index contributed by atoms with van der Waals surface area (Å²) in [6, 6.07) is 16.9. The third-order valence-electron chi connectivity index (χ3n) is 7.99. The quantitative estimate of drug-likeness (QED) is 0.244. The average Bonchev–Trinajstić information content (AvgIpc) is 2.97. The molecule has 0 fully saturated rings. The zero-order valence-electron chi connectivity index (χ0n) is 25.3. The van der Waals surface area contributed by atoms with Crippen molar-refractivity contribution in [2.75, 3.05) is 13.2 Å². The predicted molar refractivity (Wildman–Crippen MR) is 165 cm³/mol. The highest BCUT2D eigenvalue weighted by molar-refractivity contribution is 5.86. The largest absolute Gasteiger partial charge is 0.463 e. The highest BCUT2D eigenvalue weighted by Gasteiger charge is 2.34. The van der Waals surface area contributed by atoms with Crippen LogP contribution in [0.3, 0.4) is 0 Å². The van der Waals surface area contributed by atoms with E-state index in [-0.39, 0.29) is 49.4 Å². The molecule has 7 heteroatoms. The maximum Gasteiger partial charge on any atom is 0.309 e. The van der Waals surface area contributed by atoms with Gasteiger partial charge in [0.15, 0.2) is 0 Å². The van der Waals surface area contributed by atoms with Crippen molar-refractivity contribution in [1.29, 1.82) is 0 Å². The average molecular weight is 575 g/mol. The molecular weight excluding hydrogens is 528 g/mol. The summed E-state index contributed by atoms with van der Waals surface area (Å²) in [5.41, 5.74) is 2.81. The van der Waals surface area contributed by atoms with E-state index >= 15 is 0 Å². The summed E-state index contributed by atoms with van der Waals surface area (Å²) in [5, 5.41) is 13.1. The summed E-state index contributed by atoms with van der Waals surface area (Å²) in [6.07, 6.45) is 5.27. The molecule has 0 aliphatic carbocycles. The molecule has 42 heavy (non-hydrogen) atoms. The Morgan fingerprint density at radius 1 is 1.00 bits per heavy atom. The van der Waals surface area contributed by atoms with Crippen molar-refractivity contribution in [3.8, 4) is 0 Å². The molecule has 3 rings (SSSR count). The van der Waals surface area contributed by atoms with Crippen molar-refractivity contribution >= 4 is 17.8 Å². The number of esters is 1. The number of amides is 2. The van der Waals surface area contributed by atoms with Crippen LogP contribution in [0, 0.1) is 17.3 Å². The van der Waals surface area contributed by atoms with Crippen LogP contribution in [-0.4, -0.2) is 53.1 Å². The second-order valence-electron chi connectivity index (χ2n) is 12.2. The monoisotopic (exact) mass is 574 g/mol. The van der Waals surface area contributed by atoms with E-state index in [1.165, 1.54) is 0 Å². The molecule has 4 atom stereocenters. The van der Waals surface area contributed by atoms with Crippen LogP contribution >= 0.6 is 0 Å². The van der Waals surface area contributed by atoms with Gasteiger partial charge in [0.1, 0.15) is 6.61 Å². The molecule has 0 radical (unpaired) electrons. The van der Waals surface area contributed by atoms with E-state index in [0.717, 1.165) is 16.7 Å². The van der Waals surface area contributed by atoms with Crippen molar-refractivity contribution in [3.63, 3.8) is 0 Å². The second kappa shape index (κ2) is 15.5. The van der Waals surface area contributed by atoms with Crippen LogP contribution in [0.4, 0.5) is 0 Å². The van der Waals surface area contributed by atoms with E-state index in [1.807, 2.05) is 75.4 Å². The van der Waals surface area contributed by atoms with Crippen LogP contribution in [0.2, 0.25) is 0 Å². The number of nitrogens with zero attached hydrogens (tertiary/aromatic N) is 1. The SMILES string of the molecule is C=CCC(CC(=O)N1Cc2ccccc2CC1CO)C(=O)NC(COC(=O)C(CC=C)Cc1ccccc1)C(C)(C)C. The molecule has 226 valence electrons. The molecule has 2 amide bonds. The van der Waals surface area contributed by atoms with Gasteiger partial charge in [-0.1, -0.05) is 87.5 Å². The van der Waals surface area contributed by atoms with Gasteiger partial charge >= 0.3 is 5.97 Å². The first kappa shape index (κ1) is 32.8. The fraction of sp³-hybridized carbons (Fsp3) is 0.457. The lowest BCUT2D eigenvalue weighted by Gasteiger charge is -2.37. The van der Waals surface area contributed by atoms with Crippen LogP contribution in [-0.2, 0) is 38.5 Å². The number of rotatable bonds is 14. The Kier molecular flexibility index (Phi) is 12.1. The Morgan fingerprint density at radius 3 is 2.24 bits per heavy atom. The van der Waals surface area contributed by atoms with Gasteiger partial charge in [0.2, 0.25) is 11.8 Å². The minimum absolute atomic E-state index is 0.00828. The molecule has 2 aromatic rings. The molecule has 1 heterocycles. The zero-order valence-corrected chi connectivity index (χ0v) is 25.3. The standard InChI is InChI=1S/C35H46N2O5/c1-6-13-27(21-32(39)37-22-29-18-12-11-17-26(29)20-30(37)23-38)33(40)36-31(35(3,4)5)24-42-34(41)28(14-7-2)19-25-15-9-8-10-16-25/h6-12,15-18,27-28,30-31,38H,1-2,13-14,19-24H2,3-5H3,(H,36,40). The first-order valence-electron chi connectivity index (χ1n) is 14.8. The lowest BCUT2D eigenvalue weighted by molar-refractivity contribution is -0.151. The minimum Gasteiger partial charge on any atom is -0.463 e. The molecule has 0 aromatic heterocycles. The summed E-state index contributed by atoms with van der Waals surface area (Å²) in [4.78, 5) is 41.8. The van der Waals surface area contributed by atoms with Crippen LogP contribution in [0.25, 0.3) is 0 Å². The molecule has 7 nitrogen and oxygen atoms in total. The maximum absolute atomic E-state index is 13.5. The highest BCUT2D eigenvalue weighted by atomic mass is 16.5. The van der Waals surface area contributed by atoms with Crippen molar-refractivity contribution in [1.82, 2.24) is 10.2 Å². The molecule has 0 saturated carbocycles. The van der Waals surface area contributed by atoms with Crippen LogP contribution in [0.15, 0.2) is 79.9 Å². The van der Waals surface area contributed by atoms with Crippen molar-refractivity contribution < 1.29 is 24.2 Å². The van der Waals surface area contributed by atoms with Gasteiger partial charge in [-0.25, -0.2) is 0 Å². The van der Waals surface area contributed by atoms with E-state index in [2.05, 4.69) is 18.5 Å². The van der Waals surface area contributed by atoms with Crippen LogP contribution in [0.5, 0.6) is 0 Å². The lowest BCUT2D eigenvalue weighted by atomic mass is 9.86. The Balaban J connectivity index is 1.66. The first-order valence-corrected chi connectivity index (χ1v) is 14.8.